The summed E-state index contributed by atoms with van der Waals surface area (Å²) in [5, 5.41) is 16.4. The maximum absolute atomic E-state index is 4.71. The Balaban J connectivity index is 1.26. The van der Waals surface area contributed by atoms with Crippen molar-refractivity contribution in [2.24, 2.45) is 0 Å². The minimum atomic E-state index is 0.506. The van der Waals surface area contributed by atoms with E-state index < -0.39 is 0 Å². The summed E-state index contributed by atoms with van der Waals surface area (Å²) in [6.45, 7) is 4.15. The number of hydrogen-bond donors (Lipinski definition) is 1. The third kappa shape index (κ3) is 3.65. The Morgan fingerprint density at radius 2 is 1.91 bits per heavy atom. The van der Waals surface area contributed by atoms with Crippen LogP contribution < -0.4 is 4.90 Å². The van der Waals surface area contributed by atoms with Crippen molar-refractivity contribution < 1.29 is 0 Å². The summed E-state index contributed by atoms with van der Waals surface area (Å²) in [4.78, 5) is 20.2. The van der Waals surface area contributed by atoms with Gasteiger partial charge in [-0.15, -0.1) is 10.2 Å². The van der Waals surface area contributed by atoms with Crippen molar-refractivity contribution in [3.8, 4) is 23.4 Å². The van der Waals surface area contributed by atoms with Gasteiger partial charge in [-0.05, 0) is 43.2 Å². The zero-order valence-corrected chi connectivity index (χ0v) is 17.8. The average molecular weight is 434 g/mol. The normalized spacial score (nSPS) is 12.9. The first-order valence-corrected chi connectivity index (χ1v) is 10.5. The highest BCUT2D eigenvalue weighted by Gasteiger charge is 2.22. The number of hydrogen-bond acceptors (Lipinski definition) is 8. The molecule has 0 saturated heterocycles. The first-order chi connectivity index (χ1) is 16.2. The summed E-state index contributed by atoms with van der Waals surface area (Å²) >= 11 is 0. The van der Waals surface area contributed by atoms with Gasteiger partial charge in [-0.1, -0.05) is 5.92 Å². The molecule has 0 saturated carbocycles. The summed E-state index contributed by atoms with van der Waals surface area (Å²) in [6, 6.07) is 9.50. The molecule has 0 amide bonds. The molecular weight excluding hydrogens is 416 g/mol. The van der Waals surface area contributed by atoms with Gasteiger partial charge in [0.1, 0.15) is 17.2 Å². The van der Waals surface area contributed by atoms with E-state index in [1.54, 1.807) is 30.7 Å². The second kappa shape index (κ2) is 7.80. The first kappa shape index (κ1) is 19.1. The third-order valence-electron chi connectivity index (χ3n) is 5.52. The lowest BCUT2D eigenvalue weighted by atomic mass is 10.1. The van der Waals surface area contributed by atoms with Crippen LogP contribution in [-0.4, -0.2) is 51.4 Å². The predicted molar refractivity (Wildman–Crippen MR) is 121 cm³/mol. The van der Waals surface area contributed by atoms with Crippen LogP contribution in [0.15, 0.2) is 48.9 Å². The molecule has 5 heterocycles. The van der Waals surface area contributed by atoms with Gasteiger partial charge in [0, 0.05) is 36.4 Å². The first-order valence-electron chi connectivity index (χ1n) is 10.5. The van der Waals surface area contributed by atoms with Gasteiger partial charge in [-0.3, -0.25) is 5.10 Å². The van der Waals surface area contributed by atoms with Gasteiger partial charge in [-0.25, -0.2) is 19.9 Å². The largest absolute Gasteiger partial charge is 0.331 e. The number of anilines is 1. The fourth-order valence-electron chi connectivity index (χ4n) is 3.81. The molecule has 10 nitrogen and oxygen atoms in total. The summed E-state index contributed by atoms with van der Waals surface area (Å²) in [5.41, 5.74) is 3.13. The maximum Gasteiger partial charge on any atom is 0.226 e. The summed E-state index contributed by atoms with van der Waals surface area (Å²) in [6.07, 6.45) is 5.20. The molecule has 160 valence electrons. The SMILES string of the molecule is Cc1nnc2n1CCN(c1nccc(-c3nccc(C#Cc4ccc5[nH]ncc5c4)n3)n1)C2. The van der Waals surface area contributed by atoms with Crippen molar-refractivity contribution in [3.63, 3.8) is 0 Å². The minimum absolute atomic E-state index is 0.506. The van der Waals surface area contributed by atoms with E-state index in [1.165, 1.54) is 0 Å². The number of nitrogens with one attached hydrogen (secondary N) is 1. The van der Waals surface area contributed by atoms with E-state index in [1.807, 2.05) is 25.1 Å². The van der Waals surface area contributed by atoms with Crippen LogP contribution >= 0.6 is 0 Å². The number of aromatic amines is 1. The van der Waals surface area contributed by atoms with Gasteiger partial charge in [0.25, 0.3) is 0 Å². The van der Waals surface area contributed by atoms with Crippen LogP contribution in [0.5, 0.6) is 0 Å². The number of H-pyrrole nitrogens is 1. The van der Waals surface area contributed by atoms with E-state index in [4.69, 9.17) is 4.98 Å². The Morgan fingerprint density at radius 1 is 0.970 bits per heavy atom. The van der Waals surface area contributed by atoms with Crippen LogP contribution in [-0.2, 0) is 13.1 Å². The van der Waals surface area contributed by atoms with E-state index in [9.17, 15) is 0 Å². The molecule has 0 unspecified atom stereocenters. The van der Waals surface area contributed by atoms with E-state index in [0.29, 0.717) is 29.7 Å². The van der Waals surface area contributed by atoms with E-state index >= 15 is 0 Å². The van der Waals surface area contributed by atoms with Crippen LogP contribution in [0, 0.1) is 18.8 Å². The van der Waals surface area contributed by atoms with E-state index in [0.717, 1.165) is 41.2 Å². The lowest BCUT2D eigenvalue weighted by Gasteiger charge is -2.27. The van der Waals surface area contributed by atoms with Gasteiger partial charge in [-0.2, -0.15) is 5.10 Å². The molecule has 0 fully saturated rings. The van der Waals surface area contributed by atoms with Crippen LogP contribution in [0.25, 0.3) is 22.4 Å². The maximum atomic E-state index is 4.71. The second-order valence-corrected chi connectivity index (χ2v) is 7.67. The number of nitrogens with zero attached hydrogens (tertiary/aromatic N) is 9. The van der Waals surface area contributed by atoms with Crippen LogP contribution in [0.3, 0.4) is 0 Å². The highest BCUT2D eigenvalue weighted by Crippen LogP contribution is 2.20. The van der Waals surface area contributed by atoms with Crippen molar-refractivity contribution in [2.45, 2.75) is 20.0 Å². The lowest BCUT2D eigenvalue weighted by Crippen LogP contribution is -2.35. The Hall–Kier alpha value is -4.65. The molecule has 0 bridgehead atoms. The lowest BCUT2D eigenvalue weighted by molar-refractivity contribution is 0.543. The smallest absolute Gasteiger partial charge is 0.226 e. The molecule has 33 heavy (non-hydrogen) atoms. The van der Waals surface area contributed by atoms with Crippen LogP contribution in [0.4, 0.5) is 5.95 Å². The molecular formula is C23H18N10. The zero-order chi connectivity index (χ0) is 22.2. The second-order valence-electron chi connectivity index (χ2n) is 7.67. The van der Waals surface area contributed by atoms with Gasteiger partial charge < -0.3 is 9.47 Å². The summed E-state index contributed by atoms with van der Waals surface area (Å²) in [5.74, 6) is 9.24. The number of aryl methyl sites for hydroxylation is 1. The quantitative estimate of drug-likeness (QED) is 0.420. The number of aromatic nitrogens is 9. The molecule has 0 spiro atoms. The fraction of sp³-hybridized carbons (Fsp3) is 0.174. The minimum Gasteiger partial charge on any atom is -0.331 e. The molecule has 10 heteroatoms. The molecule has 1 aliphatic rings. The fourth-order valence-corrected chi connectivity index (χ4v) is 3.81. The van der Waals surface area contributed by atoms with Crippen LogP contribution in [0.1, 0.15) is 22.9 Å². The van der Waals surface area contributed by atoms with Crippen molar-refractivity contribution in [1.29, 1.82) is 0 Å². The van der Waals surface area contributed by atoms with E-state index in [-0.39, 0.29) is 0 Å². The monoisotopic (exact) mass is 434 g/mol. The van der Waals surface area contributed by atoms with Gasteiger partial charge in [0.15, 0.2) is 11.6 Å². The van der Waals surface area contributed by atoms with Crippen molar-refractivity contribution >= 4 is 16.9 Å². The highest BCUT2D eigenvalue weighted by molar-refractivity contribution is 5.79. The molecule has 0 aliphatic carbocycles. The third-order valence-corrected chi connectivity index (χ3v) is 5.52. The van der Waals surface area contributed by atoms with Crippen molar-refractivity contribution in [2.75, 3.05) is 11.4 Å². The number of benzene rings is 1. The Labute approximate surface area is 188 Å². The van der Waals surface area contributed by atoms with Gasteiger partial charge in [0.2, 0.25) is 5.95 Å². The Kier molecular flexibility index (Phi) is 4.51. The summed E-state index contributed by atoms with van der Waals surface area (Å²) < 4.78 is 2.12. The predicted octanol–water partition coefficient (Wildman–Crippen LogP) is 2.13. The van der Waals surface area contributed by atoms with E-state index in [2.05, 4.69) is 56.7 Å². The topological polar surface area (TPSA) is 114 Å². The van der Waals surface area contributed by atoms with Crippen molar-refractivity contribution in [1.82, 2.24) is 44.9 Å². The van der Waals surface area contributed by atoms with Crippen LogP contribution in [0.2, 0.25) is 0 Å². The summed E-state index contributed by atoms with van der Waals surface area (Å²) in [7, 11) is 0. The van der Waals surface area contributed by atoms with Gasteiger partial charge >= 0.3 is 0 Å². The molecule has 1 aromatic carbocycles. The highest BCUT2D eigenvalue weighted by atomic mass is 15.4. The Morgan fingerprint density at radius 3 is 2.88 bits per heavy atom. The number of rotatable bonds is 2. The molecule has 1 aliphatic heterocycles. The molecule has 0 radical (unpaired) electrons. The molecule has 6 rings (SSSR count). The molecule has 0 atom stereocenters. The van der Waals surface area contributed by atoms with Crippen molar-refractivity contribution in [3.05, 3.63) is 71.8 Å². The van der Waals surface area contributed by atoms with Gasteiger partial charge in [0.05, 0.1) is 18.3 Å². The number of fused-ring (bicyclic) bond motifs is 2. The Bertz CT molecular complexity index is 1540. The molecule has 5 aromatic rings. The molecule has 4 aromatic heterocycles. The average Bonchev–Trinajstić information content (AvgIpc) is 3.49. The molecule has 1 N–H and O–H groups in total. The standard InChI is InChI=1S/C23H18N10/c1-15-29-31-21-14-32(10-11-33(15)21)23-25-9-7-20(28-23)22-24-8-6-18(27-22)4-2-16-3-5-19-17(12-16)13-26-30-19/h3,5-9,12-13H,10-11,14H2,1H3,(H,26,30). The zero-order valence-electron chi connectivity index (χ0n) is 17.8.